The van der Waals surface area contributed by atoms with Crippen LogP contribution >= 0.6 is 0 Å². The number of methoxy groups -OCH3 is 1. The third-order valence-corrected chi connectivity index (χ3v) is 4.11. The molecule has 1 heterocycles. The number of aliphatic carboxylic acids is 1. The van der Waals surface area contributed by atoms with Gasteiger partial charge in [-0.15, -0.1) is 0 Å². The van der Waals surface area contributed by atoms with E-state index in [4.69, 9.17) is 4.74 Å². The Balaban J connectivity index is 1.95. The third kappa shape index (κ3) is 3.18. The van der Waals surface area contributed by atoms with Gasteiger partial charge in [-0.2, -0.15) is 0 Å². The Hall–Kier alpha value is -1.30. The number of nitrogens with one attached hydrogen (secondary N) is 1. The molecule has 0 radical (unpaired) electrons. The molecule has 0 aromatic carbocycles. The maximum absolute atomic E-state index is 12.2. The van der Waals surface area contributed by atoms with Crippen molar-refractivity contribution in [3.63, 3.8) is 0 Å². The van der Waals surface area contributed by atoms with Crippen LogP contribution in [0.3, 0.4) is 0 Å². The van der Waals surface area contributed by atoms with Crippen LogP contribution < -0.4 is 5.32 Å². The smallest absolute Gasteiger partial charge is 0.326 e. The van der Waals surface area contributed by atoms with Gasteiger partial charge < -0.3 is 20.1 Å². The number of likely N-dealkylation sites (tertiary alicyclic amines) is 1. The molecule has 1 aliphatic carbocycles. The zero-order valence-corrected chi connectivity index (χ0v) is 11.3. The van der Waals surface area contributed by atoms with Gasteiger partial charge in [0.25, 0.3) is 0 Å². The molecule has 1 saturated heterocycles. The molecule has 3 unspecified atom stereocenters. The number of ether oxygens (including phenoxy) is 1. The van der Waals surface area contributed by atoms with Crippen molar-refractivity contribution in [3.8, 4) is 0 Å². The molecule has 0 aromatic heterocycles. The van der Waals surface area contributed by atoms with E-state index in [0.29, 0.717) is 13.0 Å². The number of urea groups is 1. The van der Waals surface area contributed by atoms with Crippen LogP contribution in [0.2, 0.25) is 0 Å². The average molecular weight is 270 g/mol. The minimum Gasteiger partial charge on any atom is -0.480 e. The third-order valence-electron chi connectivity index (χ3n) is 4.11. The Kier molecular flexibility index (Phi) is 4.63. The molecule has 108 valence electrons. The standard InChI is InChI=1S/C13H22N2O4/c1-19-11-7-4-5-9(11)14-13(18)15-8-3-2-6-10(15)12(16)17/h9-11H,2-8H2,1H3,(H,14,18)(H,16,17). The van der Waals surface area contributed by atoms with Crippen LogP contribution in [0.5, 0.6) is 0 Å². The van der Waals surface area contributed by atoms with E-state index in [0.717, 1.165) is 32.1 Å². The van der Waals surface area contributed by atoms with Crippen molar-refractivity contribution in [2.75, 3.05) is 13.7 Å². The first-order valence-corrected chi connectivity index (χ1v) is 6.96. The highest BCUT2D eigenvalue weighted by molar-refractivity contribution is 5.83. The topological polar surface area (TPSA) is 78.9 Å². The van der Waals surface area contributed by atoms with Crippen molar-refractivity contribution in [2.45, 2.75) is 56.7 Å². The van der Waals surface area contributed by atoms with Crippen LogP contribution in [-0.4, -0.2) is 53.8 Å². The molecule has 2 N–H and O–H groups in total. The lowest BCUT2D eigenvalue weighted by atomic mass is 10.0. The summed E-state index contributed by atoms with van der Waals surface area (Å²) in [5, 5.41) is 12.1. The molecule has 0 spiro atoms. The van der Waals surface area contributed by atoms with Crippen LogP contribution in [0.25, 0.3) is 0 Å². The fraction of sp³-hybridized carbons (Fsp3) is 0.846. The summed E-state index contributed by atoms with van der Waals surface area (Å²) in [6.07, 6.45) is 5.21. The van der Waals surface area contributed by atoms with E-state index in [2.05, 4.69) is 5.32 Å². The first-order chi connectivity index (χ1) is 9.13. The van der Waals surface area contributed by atoms with Crippen molar-refractivity contribution >= 4 is 12.0 Å². The average Bonchev–Trinajstić information content (AvgIpc) is 2.85. The van der Waals surface area contributed by atoms with Crippen molar-refractivity contribution in [1.82, 2.24) is 10.2 Å². The molecule has 2 aliphatic rings. The molecule has 1 aliphatic heterocycles. The highest BCUT2D eigenvalue weighted by atomic mass is 16.5. The maximum Gasteiger partial charge on any atom is 0.326 e. The summed E-state index contributed by atoms with van der Waals surface area (Å²) in [6.45, 7) is 0.521. The second-order valence-corrected chi connectivity index (χ2v) is 5.30. The maximum atomic E-state index is 12.2. The van der Waals surface area contributed by atoms with Crippen molar-refractivity contribution < 1.29 is 19.4 Å². The summed E-state index contributed by atoms with van der Waals surface area (Å²) in [4.78, 5) is 24.9. The summed E-state index contributed by atoms with van der Waals surface area (Å²) in [5.74, 6) is -0.912. The number of carbonyl (C=O) groups is 2. The molecule has 1 saturated carbocycles. The number of carboxylic acids is 1. The summed E-state index contributed by atoms with van der Waals surface area (Å²) >= 11 is 0. The van der Waals surface area contributed by atoms with Crippen LogP contribution in [0.15, 0.2) is 0 Å². The Morgan fingerprint density at radius 1 is 1.21 bits per heavy atom. The molecule has 2 fully saturated rings. The van der Waals surface area contributed by atoms with Crippen molar-refractivity contribution in [2.24, 2.45) is 0 Å². The predicted molar refractivity (Wildman–Crippen MR) is 68.9 cm³/mol. The SMILES string of the molecule is COC1CCCC1NC(=O)N1CCCCC1C(=O)O. The number of nitrogens with zero attached hydrogens (tertiary/aromatic N) is 1. The zero-order valence-electron chi connectivity index (χ0n) is 11.3. The first-order valence-electron chi connectivity index (χ1n) is 6.96. The molecule has 3 atom stereocenters. The summed E-state index contributed by atoms with van der Waals surface area (Å²) in [7, 11) is 1.65. The van der Waals surface area contributed by atoms with E-state index in [-0.39, 0.29) is 18.2 Å². The summed E-state index contributed by atoms with van der Waals surface area (Å²) < 4.78 is 5.34. The van der Waals surface area contributed by atoms with Gasteiger partial charge in [0.2, 0.25) is 0 Å². The first kappa shape index (κ1) is 14.1. The summed E-state index contributed by atoms with van der Waals surface area (Å²) in [5.41, 5.74) is 0. The van der Waals surface area contributed by atoms with E-state index < -0.39 is 12.0 Å². The summed E-state index contributed by atoms with van der Waals surface area (Å²) in [6, 6.07) is -0.939. The minimum absolute atomic E-state index is 0.00821. The Labute approximate surface area is 113 Å². The van der Waals surface area contributed by atoms with E-state index in [9.17, 15) is 14.7 Å². The number of amides is 2. The number of piperidine rings is 1. The molecule has 2 rings (SSSR count). The van der Waals surface area contributed by atoms with E-state index in [1.807, 2.05) is 0 Å². The number of carboxylic acid groups (broad SMARTS) is 1. The van der Waals surface area contributed by atoms with Crippen LogP contribution in [-0.2, 0) is 9.53 Å². The zero-order chi connectivity index (χ0) is 13.8. The Morgan fingerprint density at radius 3 is 2.68 bits per heavy atom. The fourth-order valence-corrected chi connectivity index (χ4v) is 3.05. The molecule has 0 aromatic rings. The van der Waals surface area contributed by atoms with Crippen LogP contribution in [0, 0.1) is 0 Å². The van der Waals surface area contributed by atoms with Gasteiger partial charge in [-0.3, -0.25) is 0 Å². The minimum atomic E-state index is -0.912. The van der Waals surface area contributed by atoms with Gasteiger partial charge in [-0.1, -0.05) is 0 Å². The molecule has 6 nitrogen and oxygen atoms in total. The van der Waals surface area contributed by atoms with Gasteiger partial charge in [-0.05, 0) is 38.5 Å². The molecular formula is C13H22N2O4. The molecule has 6 heteroatoms. The molecular weight excluding hydrogens is 248 g/mol. The lowest BCUT2D eigenvalue weighted by molar-refractivity contribution is -0.143. The van der Waals surface area contributed by atoms with Crippen molar-refractivity contribution in [1.29, 1.82) is 0 Å². The molecule has 2 amide bonds. The predicted octanol–water partition coefficient (Wildman–Crippen LogP) is 1.20. The molecule has 0 bridgehead atoms. The number of hydrogen-bond donors (Lipinski definition) is 2. The van der Waals surface area contributed by atoms with Gasteiger partial charge in [0, 0.05) is 13.7 Å². The highest BCUT2D eigenvalue weighted by Gasteiger charge is 2.35. The Morgan fingerprint density at radius 2 is 2.00 bits per heavy atom. The highest BCUT2D eigenvalue weighted by Crippen LogP contribution is 2.23. The van der Waals surface area contributed by atoms with Gasteiger partial charge in [0.05, 0.1) is 12.1 Å². The lowest BCUT2D eigenvalue weighted by Crippen LogP contribution is -2.55. The number of carbonyl (C=O) groups excluding carboxylic acids is 1. The largest absolute Gasteiger partial charge is 0.480 e. The van der Waals surface area contributed by atoms with Gasteiger partial charge >= 0.3 is 12.0 Å². The van der Waals surface area contributed by atoms with Crippen molar-refractivity contribution in [3.05, 3.63) is 0 Å². The van der Waals surface area contributed by atoms with Crippen LogP contribution in [0.4, 0.5) is 4.79 Å². The van der Waals surface area contributed by atoms with Crippen LogP contribution in [0.1, 0.15) is 38.5 Å². The van der Waals surface area contributed by atoms with Gasteiger partial charge in [0.15, 0.2) is 0 Å². The molecule has 19 heavy (non-hydrogen) atoms. The van der Waals surface area contributed by atoms with Gasteiger partial charge in [0.1, 0.15) is 6.04 Å². The second kappa shape index (κ2) is 6.23. The number of hydrogen-bond acceptors (Lipinski definition) is 3. The second-order valence-electron chi connectivity index (χ2n) is 5.30. The quantitative estimate of drug-likeness (QED) is 0.807. The fourth-order valence-electron chi connectivity index (χ4n) is 3.05. The normalized spacial score (nSPS) is 31.2. The monoisotopic (exact) mass is 270 g/mol. The van der Waals surface area contributed by atoms with Gasteiger partial charge in [-0.25, -0.2) is 9.59 Å². The lowest BCUT2D eigenvalue weighted by Gasteiger charge is -2.34. The van der Waals surface area contributed by atoms with E-state index in [1.165, 1.54) is 4.90 Å². The van der Waals surface area contributed by atoms with E-state index in [1.54, 1.807) is 7.11 Å². The number of rotatable bonds is 3. The van der Waals surface area contributed by atoms with E-state index >= 15 is 0 Å². The Bertz CT molecular complexity index is 348.